The minimum absolute atomic E-state index is 0.0594. The molecule has 0 aliphatic carbocycles. The van der Waals surface area contributed by atoms with Gasteiger partial charge in [-0.05, 0) is 6.07 Å². The standard InChI is InChI=1S/C8H6F2N4O/c9-6(10)4-1-2-12-3-5(4)7-13-14-8(11)15-7/h1-3,6H,(H2,11,14). The normalized spacial score (nSPS) is 10.9. The Morgan fingerprint density at radius 2 is 2.13 bits per heavy atom. The van der Waals surface area contributed by atoms with Crippen molar-refractivity contribution in [2.24, 2.45) is 0 Å². The smallest absolute Gasteiger partial charge is 0.313 e. The van der Waals surface area contributed by atoms with E-state index in [0.29, 0.717) is 0 Å². The summed E-state index contributed by atoms with van der Waals surface area (Å²) in [5, 5.41) is 6.90. The predicted molar refractivity (Wildman–Crippen MR) is 46.9 cm³/mol. The summed E-state index contributed by atoms with van der Waals surface area (Å²) in [7, 11) is 0. The number of nitrogens with zero attached hydrogens (tertiary/aromatic N) is 3. The van der Waals surface area contributed by atoms with Crippen LogP contribution in [-0.2, 0) is 0 Å². The molecule has 0 atom stereocenters. The summed E-state index contributed by atoms with van der Waals surface area (Å²) in [6.07, 6.45) is -0.129. The van der Waals surface area contributed by atoms with Crippen molar-refractivity contribution in [3.63, 3.8) is 0 Å². The van der Waals surface area contributed by atoms with Crippen LogP contribution >= 0.6 is 0 Å². The number of alkyl halides is 2. The van der Waals surface area contributed by atoms with Crippen LogP contribution in [0.3, 0.4) is 0 Å². The first-order chi connectivity index (χ1) is 7.18. The van der Waals surface area contributed by atoms with Crippen molar-refractivity contribution in [1.29, 1.82) is 0 Å². The predicted octanol–water partition coefficient (Wildman–Crippen LogP) is 1.65. The Morgan fingerprint density at radius 3 is 2.73 bits per heavy atom. The van der Waals surface area contributed by atoms with Crippen molar-refractivity contribution < 1.29 is 13.2 Å². The lowest BCUT2D eigenvalue weighted by Gasteiger charge is -2.02. The third-order valence-electron chi connectivity index (χ3n) is 1.76. The minimum atomic E-state index is -2.63. The lowest BCUT2D eigenvalue weighted by Crippen LogP contribution is -1.91. The monoisotopic (exact) mass is 212 g/mol. The highest BCUT2D eigenvalue weighted by Gasteiger charge is 2.17. The maximum Gasteiger partial charge on any atom is 0.313 e. The fourth-order valence-corrected chi connectivity index (χ4v) is 1.12. The van der Waals surface area contributed by atoms with Gasteiger partial charge in [0.25, 0.3) is 12.3 Å². The van der Waals surface area contributed by atoms with Crippen molar-refractivity contribution in [3.8, 4) is 11.5 Å². The summed E-state index contributed by atoms with van der Waals surface area (Å²) in [6.45, 7) is 0. The maximum atomic E-state index is 12.6. The summed E-state index contributed by atoms with van der Waals surface area (Å²) in [5.41, 5.74) is 5.07. The van der Waals surface area contributed by atoms with E-state index in [1.165, 1.54) is 18.5 Å². The SMILES string of the molecule is Nc1nnc(-c2cnccc2C(F)F)o1. The van der Waals surface area contributed by atoms with Crippen LogP contribution in [0.5, 0.6) is 0 Å². The zero-order valence-corrected chi connectivity index (χ0v) is 7.39. The molecule has 7 heteroatoms. The van der Waals surface area contributed by atoms with Gasteiger partial charge in [0.15, 0.2) is 0 Å². The Hall–Kier alpha value is -2.05. The Balaban J connectivity index is 2.52. The van der Waals surface area contributed by atoms with E-state index in [9.17, 15) is 8.78 Å². The van der Waals surface area contributed by atoms with Gasteiger partial charge in [0.2, 0.25) is 0 Å². The van der Waals surface area contributed by atoms with Gasteiger partial charge >= 0.3 is 6.01 Å². The summed E-state index contributed by atoms with van der Waals surface area (Å²) in [6, 6.07) is 1.02. The Morgan fingerprint density at radius 1 is 1.33 bits per heavy atom. The van der Waals surface area contributed by atoms with E-state index >= 15 is 0 Å². The van der Waals surface area contributed by atoms with Crippen molar-refractivity contribution in [1.82, 2.24) is 15.2 Å². The number of hydrogen-bond acceptors (Lipinski definition) is 5. The molecular weight excluding hydrogens is 206 g/mol. The Bertz CT molecular complexity index is 471. The zero-order valence-electron chi connectivity index (χ0n) is 7.39. The second-order valence-electron chi connectivity index (χ2n) is 2.71. The highest BCUT2D eigenvalue weighted by molar-refractivity contribution is 5.57. The second kappa shape index (κ2) is 3.60. The number of halogens is 2. The molecule has 2 aromatic heterocycles. The van der Waals surface area contributed by atoms with E-state index in [1.54, 1.807) is 0 Å². The third kappa shape index (κ3) is 1.76. The van der Waals surface area contributed by atoms with Crippen LogP contribution in [0.2, 0.25) is 0 Å². The van der Waals surface area contributed by atoms with Gasteiger partial charge in [0, 0.05) is 18.0 Å². The molecule has 0 aromatic carbocycles. The molecule has 0 saturated carbocycles. The van der Waals surface area contributed by atoms with E-state index in [0.717, 1.165) is 0 Å². The van der Waals surface area contributed by atoms with Crippen molar-refractivity contribution in [2.45, 2.75) is 6.43 Å². The van der Waals surface area contributed by atoms with Gasteiger partial charge < -0.3 is 10.2 Å². The van der Waals surface area contributed by atoms with Crippen LogP contribution in [0.15, 0.2) is 22.9 Å². The van der Waals surface area contributed by atoms with E-state index in [1.807, 2.05) is 0 Å². The molecule has 0 amide bonds. The zero-order chi connectivity index (χ0) is 10.8. The molecule has 0 radical (unpaired) electrons. The van der Waals surface area contributed by atoms with Crippen LogP contribution in [-0.4, -0.2) is 15.2 Å². The molecule has 2 N–H and O–H groups in total. The average Bonchev–Trinajstić information content (AvgIpc) is 2.65. The molecule has 0 saturated heterocycles. The van der Waals surface area contributed by atoms with Gasteiger partial charge in [0.05, 0.1) is 5.56 Å². The molecule has 0 fully saturated rings. The number of pyridine rings is 1. The fourth-order valence-electron chi connectivity index (χ4n) is 1.12. The van der Waals surface area contributed by atoms with E-state index in [2.05, 4.69) is 15.2 Å². The first kappa shape index (κ1) is 9.50. The van der Waals surface area contributed by atoms with Gasteiger partial charge in [-0.2, -0.15) is 0 Å². The average molecular weight is 212 g/mol. The quantitative estimate of drug-likeness (QED) is 0.818. The lowest BCUT2D eigenvalue weighted by molar-refractivity contribution is 0.151. The van der Waals surface area contributed by atoms with Crippen LogP contribution in [0.4, 0.5) is 14.8 Å². The Labute approximate surface area is 82.9 Å². The van der Waals surface area contributed by atoms with Crippen LogP contribution < -0.4 is 5.73 Å². The Kier molecular flexibility index (Phi) is 2.28. The van der Waals surface area contributed by atoms with Gasteiger partial charge in [-0.15, -0.1) is 5.10 Å². The molecular formula is C8H6F2N4O. The molecule has 0 bridgehead atoms. The molecule has 0 spiro atoms. The van der Waals surface area contributed by atoms with Crippen molar-refractivity contribution >= 4 is 6.01 Å². The van der Waals surface area contributed by atoms with E-state index in [4.69, 9.17) is 10.2 Å². The van der Waals surface area contributed by atoms with Gasteiger partial charge in [0.1, 0.15) is 0 Å². The molecule has 15 heavy (non-hydrogen) atoms. The third-order valence-corrected chi connectivity index (χ3v) is 1.76. The van der Waals surface area contributed by atoms with Gasteiger partial charge in [-0.1, -0.05) is 5.10 Å². The minimum Gasteiger partial charge on any atom is -0.403 e. The molecule has 78 valence electrons. The molecule has 0 unspecified atom stereocenters. The number of aromatic nitrogens is 3. The lowest BCUT2D eigenvalue weighted by atomic mass is 10.1. The molecule has 2 aromatic rings. The number of anilines is 1. The van der Waals surface area contributed by atoms with E-state index < -0.39 is 6.43 Å². The summed E-state index contributed by atoms with van der Waals surface area (Å²) in [5.74, 6) is -0.0594. The van der Waals surface area contributed by atoms with Crippen LogP contribution in [0, 0.1) is 0 Å². The number of nitrogen functional groups attached to an aromatic ring is 1. The van der Waals surface area contributed by atoms with Crippen LogP contribution in [0.1, 0.15) is 12.0 Å². The number of hydrogen-bond donors (Lipinski definition) is 1. The molecule has 5 nitrogen and oxygen atoms in total. The highest BCUT2D eigenvalue weighted by atomic mass is 19.3. The first-order valence-corrected chi connectivity index (χ1v) is 4.00. The molecule has 2 heterocycles. The summed E-state index contributed by atoms with van der Waals surface area (Å²) in [4.78, 5) is 3.71. The molecule has 0 aliphatic rings. The number of rotatable bonds is 2. The molecule has 2 rings (SSSR count). The second-order valence-corrected chi connectivity index (χ2v) is 2.71. The van der Waals surface area contributed by atoms with Crippen molar-refractivity contribution in [3.05, 3.63) is 24.0 Å². The topological polar surface area (TPSA) is 77.8 Å². The number of nitrogens with two attached hydrogens (primary N) is 1. The molecule has 0 aliphatic heterocycles. The maximum absolute atomic E-state index is 12.6. The van der Waals surface area contributed by atoms with Gasteiger partial charge in [-0.3, -0.25) is 4.98 Å². The van der Waals surface area contributed by atoms with Crippen molar-refractivity contribution in [2.75, 3.05) is 5.73 Å². The fraction of sp³-hybridized carbons (Fsp3) is 0.125. The van der Waals surface area contributed by atoms with E-state index in [-0.39, 0.29) is 23.0 Å². The first-order valence-electron chi connectivity index (χ1n) is 4.00. The van der Waals surface area contributed by atoms with Gasteiger partial charge in [-0.25, -0.2) is 8.78 Å². The largest absolute Gasteiger partial charge is 0.403 e. The summed E-state index contributed by atoms with van der Waals surface area (Å²) >= 11 is 0. The highest BCUT2D eigenvalue weighted by Crippen LogP contribution is 2.29. The van der Waals surface area contributed by atoms with Crippen LogP contribution in [0.25, 0.3) is 11.5 Å². The summed E-state index contributed by atoms with van der Waals surface area (Å²) < 4.78 is 30.0.